The van der Waals surface area contributed by atoms with E-state index in [9.17, 15) is 0 Å². The van der Waals surface area contributed by atoms with Gasteiger partial charge < -0.3 is 9.64 Å². The molecule has 0 spiro atoms. The first-order valence-electron chi connectivity index (χ1n) is 4.94. The van der Waals surface area contributed by atoms with E-state index in [0.29, 0.717) is 5.95 Å². The van der Waals surface area contributed by atoms with E-state index >= 15 is 0 Å². The Labute approximate surface area is 88.4 Å². The Hall–Kier alpha value is -1.40. The fraction of sp³-hybridized carbons (Fsp3) is 0.556. The molecule has 6 nitrogen and oxygen atoms in total. The molecular weight excluding hydrogens is 194 g/mol. The molecular formula is C9H15N5O. The molecule has 82 valence electrons. The van der Waals surface area contributed by atoms with E-state index in [-0.39, 0.29) is 0 Å². The number of aryl methyl sites for hydroxylation is 1. The molecule has 0 bridgehead atoms. The third-order valence-corrected chi connectivity index (χ3v) is 2.30. The van der Waals surface area contributed by atoms with Gasteiger partial charge in [0.05, 0.1) is 13.2 Å². The number of nitrogens with zero attached hydrogens (tertiary/aromatic N) is 3. The molecule has 1 saturated heterocycles. The smallest absolute Gasteiger partial charge is 0.239 e. The maximum atomic E-state index is 5.30. The van der Waals surface area contributed by atoms with Crippen LogP contribution in [0.4, 0.5) is 11.8 Å². The van der Waals surface area contributed by atoms with Crippen LogP contribution in [0.25, 0.3) is 0 Å². The molecule has 15 heavy (non-hydrogen) atoms. The van der Waals surface area contributed by atoms with Crippen LogP contribution in [0.2, 0.25) is 0 Å². The molecule has 1 fully saturated rings. The normalized spacial score (nSPS) is 16.5. The number of hydrazine groups is 1. The minimum absolute atomic E-state index is 0.455. The van der Waals surface area contributed by atoms with Crippen molar-refractivity contribution >= 4 is 11.8 Å². The summed E-state index contributed by atoms with van der Waals surface area (Å²) in [5.74, 6) is 6.66. The zero-order valence-electron chi connectivity index (χ0n) is 8.73. The van der Waals surface area contributed by atoms with Gasteiger partial charge in [-0.15, -0.1) is 0 Å². The number of hydrogen-bond donors (Lipinski definition) is 2. The summed E-state index contributed by atoms with van der Waals surface area (Å²) in [5.41, 5.74) is 3.37. The van der Waals surface area contributed by atoms with Gasteiger partial charge in [0.2, 0.25) is 5.95 Å². The lowest BCUT2D eigenvalue weighted by atomic mass is 10.3. The molecule has 0 atom stereocenters. The second-order valence-electron chi connectivity index (χ2n) is 3.43. The van der Waals surface area contributed by atoms with Crippen LogP contribution in [-0.2, 0) is 4.74 Å². The zero-order chi connectivity index (χ0) is 10.7. The molecule has 0 aliphatic carbocycles. The topological polar surface area (TPSA) is 76.3 Å². The molecule has 1 aliphatic rings. The number of rotatable bonds is 2. The summed E-state index contributed by atoms with van der Waals surface area (Å²) >= 11 is 0. The average molecular weight is 209 g/mol. The Balaban J connectivity index is 2.22. The van der Waals surface area contributed by atoms with E-state index < -0.39 is 0 Å². The maximum absolute atomic E-state index is 5.30. The van der Waals surface area contributed by atoms with Crippen LogP contribution in [-0.4, -0.2) is 36.3 Å². The number of aromatic nitrogens is 2. The van der Waals surface area contributed by atoms with Gasteiger partial charge in [-0.1, -0.05) is 0 Å². The Morgan fingerprint density at radius 2 is 2.13 bits per heavy atom. The first-order valence-corrected chi connectivity index (χ1v) is 4.94. The number of morpholine rings is 1. The third kappa shape index (κ3) is 2.34. The van der Waals surface area contributed by atoms with Gasteiger partial charge in [-0.2, -0.15) is 4.98 Å². The van der Waals surface area contributed by atoms with Crippen molar-refractivity contribution in [3.8, 4) is 0 Å². The maximum Gasteiger partial charge on any atom is 0.239 e. The number of hydrogen-bond acceptors (Lipinski definition) is 6. The molecule has 0 aromatic carbocycles. The summed E-state index contributed by atoms with van der Waals surface area (Å²) in [6, 6.07) is 1.95. The van der Waals surface area contributed by atoms with Gasteiger partial charge in [0.25, 0.3) is 0 Å². The number of nitrogens with two attached hydrogens (primary N) is 1. The van der Waals surface area contributed by atoms with E-state index in [1.807, 2.05) is 13.0 Å². The summed E-state index contributed by atoms with van der Waals surface area (Å²) in [6.07, 6.45) is 0. The van der Waals surface area contributed by atoms with Crippen LogP contribution in [0.1, 0.15) is 5.69 Å². The number of nitrogen functional groups attached to an aromatic ring is 1. The van der Waals surface area contributed by atoms with Crippen molar-refractivity contribution in [2.75, 3.05) is 36.6 Å². The number of ether oxygens (including phenoxy) is 1. The van der Waals surface area contributed by atoms with Gasteiger partial charge in [0.1, 0.15) is 5.82 Å². The van der Waals surface area contributed by atoms with Crippen LogP contribution in [0.5, 0.6) is 0 Å². The minimum Gasteiger partial charge on any atom is -0.378 e. The molecule has 6 heteroatoms. The SMILES string of the molecule is Cc1cc(N2CCOCC2)nc(NN)n1. The van der Waals surface area contributed by atoms with Crippen molar-refractivity contribution in [3.05, 3.63) is 11.8 Å². The second-order valence-corrected chi connectivity index (χ2v) is 3.43. The molecule has 0 saturated carbocycles. The van der Waals surface area contributed by atoms with Crippen LogP contribution < -0.4 is 16.2 Å². The van der Waals surface area contributed by atoms with Crippen LogP contribution >= 0.6 is 0 Å². The van der Waals surface area contributed by atoms with Gasteiger partial charge in [-0.05, 0) is 6.92 Å². The number of anilines is 2. The highest BCUT2D eigenvalue weighted by Gasteiger charge is 2.13. The van der Waals surface area contributed by atoms with Crippen LogP contribution in [0.15, 0.2) is 6.07 Å². The van der Waals surface area contributed by atoms with Crippen molar-refractivity contribution in [2.45, 2.75) is 6.92 Å². The molecule has 2 heterocycles. The highest BCUT2D eigenvalue weighted by molar-refractivity contribution is 5.44. The summed E-state index contributed by atoms with van der Waals surface area (Å²) in [5, 5.41) is 0. The molecule has 1 aromatic rings. The molecule has 1 aliphatic heterocycles. The van der Waals surface area contributed by atoms with Crippen molar-refractivity contribution in [2.24, 2.45) is 5.84 Å². The second kappa shape index (κ2) is 4.41. The Morgan fingerprint density at radius 1 is 1.40 bits per heavy atom. The lowest BCUT2D eigenvalue weighted by molar-refractivity contribution is 0.122. The molecule has 3 N–H and O–H groups in total. The van der Waals surface area contributed by atoms with Gasteiger partial charge in [0, 0.05) is 24.8 Å². The Kier molecular flexibility index (Phi) is 2.98. The summed E-state index contributed by atoms with van der Waals surface area (Å²) < 4.78 is 5.28. The van der Waals surface area contributed by atoms with Crippen molar-refractivity contribution in [1.29, 1.82) is 0 Å². The minimum atomic E-state index is 0.455. The standard InChI is InChI=1S/C9H15N5O/c1-7-6-8(12-9(11-7)13-10)14-2-4-15-5-3-14/h6H,2-5,10H2,1H3,(H,11,12,13). The van der Waals surface area contributed by atoms with Crippen molar-refractivity contribution in [3.63, 3.8) is 0 Å². The largest absolute Gasteiger partial charge is 0.378 e. The fourth-order valence-corrected chi connectivity index (χ4v) is 1.57. The fourth-order valence-electron chi connectivity index (χ4n) is 1.57. The van der Waals surface area contributed by atoms with Crippen LogP contribution in [0.3, 0.4) is 0 Å². The lowest BCUT2D eigenvalue weighted by Crippen LogP contribution is -2.37. The van der Waals surface area contributed by atoms with Crippen molar-refractivity contribution < 1.29 is 4.74 Å². The molecule has 0 radical (unpaired) electrons. The summed E-state index contributed by atoms with van der Waals surface area (Å²) in [4.78, 5) is 10.6. The monoisotopic (exact) mass is 209 g/mol. The van der Waals surface area contributed by atoms with Gasteiger partial charge >= 0.3 is 0 Å². The third-order valence-electron chi connectivity index (χ3n) is 2.30. The Bertz CT molecular complexity index is 337. The predicted molar refractivity (Wildman–Crippen MR) is 57.6 cm³/mol. The highest BCUT2D eigenvalue weighted by atomic mass is 16.5. The van der Waals surface area contributed by atoms with E-state index in [1.54, 1.807) is 0 Å². The van der Waals surface area contributed by atoms with Gasteiger partial charge in [-0.3, -0.25) is 5.43 Å². The molecule has 1 aromatic heterocycles. The first kappa shape index (κ1) is 10.1. The average Bonchev–Trinajstić information content (AvgIpc) is 2.29. The van der Waals surface area contributed by atoms with E-state index in [0.717, 1.165) is 37.8 Å². The molecule has 2 rings (SSSR count). The summed E-state index contributed by atoms with van der Waals surface area (Å²) in [6.45, 7) is 5.14. The lowest BCUT2D eigenvalue weighted by Gasteiger charge is -2.28. The van der Waals surface area contributed by atoms with Gasteiger partial charge in [0.15, 0.2) is 0 Å². The highest BCUT2D eigenvalue weighted by Crippen LogP contribution is 2.15. The van der Waals surface area contributed by atoms with E-state index in [2.05, 4.69) is 20.3 Å². The molecule has 0 unspecified atom stereocenters. The number of nitrogens with one attached hydrogen (secondary N) is 1. The zero-order valence-corrected chi connectivity index (χ0v) is 8.73. The van der Waals surface area contributed by atoms with Crippen molar-refractivity contribution in [1.82, 2.24) is 9.97 Å². The molecule has 0 amide bonds. The van der Waals surface area contributed by atoms with Gasteiger partial charge in [-0.25, -0.2) is 10.8 Å². The predicted octanol–water partition coefficient (Wildman–Crippen LogP) is -0.0928. The quantitative estimate of drug-likeness (QED) is 0.523. The first-order chi connectivity index (χ1) is 7.29. The Morgan fingerprint density at radius 3 is 2.80 bits per heavy atom. The van der Waals surface area contributed by atoms with E-state index in [4.69, 9.17) is 10.6 Å². The van der Waals surface area contributed by atoms with Crippen LogP contribution in [0, 0.1) is 6.92 Å². The summed E-state index contributed by atoms with van der Waals surface area (Å²) in [7, 11) is 0. The van der Waals surface area contributed by atoms with E-state index in [1.165, 1.54) is 0 Å².